The molecule has 0 atom stereocenters. The SMILES string of the molecule is CCc1cc(C(=O)NC2(C(N)=S)CCCCCC2)n(C)n1. The molecule has 116 valence electrons. The van der Waals surface area contributed by atoms with Gasteiger partial charge in [-0.15, -0.1) is 0 Å². The molecule has 5 nitrogen and oxygen atoms in total. The molecule has 6 heteroatoms. The van der Waals surface area contributed by atoms with Gasteiger partial charge in [-0.25, -0.2) is 0 Å². The Balaban J connectivity index is 2.21. The fraction of sp³-hybridized carbons (Fsp3) is 0.667. The van der Waals surface area contributed by atoms with Crippen molar-refractivity contribution in [1.82, 2.24) is 15.1 Å². The smallest absolute Gasteiger partial charge is 0.270 e. The highest BCUT2D eigenvalue weighted by atomic mass is 32.1. The lowest BCUT2D eigenvalue weighted by Gasteiger charge is -2.32. The van der Waals surface area contributed by atoms with E-state index in [1.165, 1.54) is 12.8 Å². The largest absolute Gasteiger partial charge is 0.391 e. The van der Waals surface area contributed by atoms with Crippen LogP contribution in [-0.4, -0.2) is 26.2 Å². The van der Waals surface area contributed by atoms with E-state index in [1.54, 1.807) is 11.7 Å². The van der Waals surface area contributed by atoms with E-state index in [1.807, 2.05) is 13.0 Å². The summed E-state index contributed by atoms with van der Waals surface area (Å²) < 4.78 is 1.62. The van der Waals surface area contributed by atoms with Gasteiger partial charge in [0, 0.05) is 7.05 Å². The Bertz CT molecular complexity index is 530. The molecule has 0 aliphatic heterocycles. The Hall–Kier alpha value is -1.43. The van der Waals surface area contributed by atoms with Crippen LogP contribution in [0, 0.1) is 0 Å². The van der Waals surface area contributed by atoms with Crippen LogP contribution in [0.3, 0.4) is 0 Å². The van der Waals surface area contributed by atoms with E-state index in [4.69, 9.17) is 18.0 Å². The number of aryl methyl sites for hydroxylation is 2. The molecule has 1 aromatic heterocycles. The van der Waals surface area contributed by atoms with Crippen LogP contribution in [0.25, 0.3) is 0 Å². The molecule has 3 N–H and O–H groups in total. The molecule has 1 aromatic rings. The zero-order chi connectivity index (χ0) is 15.5. The summed E-state index contributed by atoms with van der Waals surface area (Å²) >= 11 is 5.26. The first kappa shape index (κ1) is 15.9. The molecule has 1 saturated carbocycles. The topological polar surface area (TPSA) is 72.9 Å². The first-order valence-corrected chi connectivity index (χ1v) is 8.04. The van der Waals surface area contributed by atoms with Crippen molar-refractivity contribution in [3.05, 3.63) is 17.5 Å². The lowest BCUT2D eigenvalue weighted by atomic mass is 9.90. The molecule has 0 aromatic carbocycles. The quantitative estimate of drug-likeness (QED) is 0.660. The van der Waals surface area contributed by atoms with Crippen molar-refractivity contribution in [3.8, 4) is 0 Å². The Morgan fingerprint density at radius 3 is 2.52 bits per heavy atom. The second-order valence-corrected chi connectivity index (χ2v) is 6.25. The van der Waals surface area contributed by atoms with E-state index in [0.717, 1.165) is 37.8 Å². The third-order valence-electron chi connectivity index (χ3n) is 4.31. The minimum absolute atomic E-state index is 0.139. The number of nitrogens with zero attached hydrogens (tertiary/aromatic N) is 2. The summed E-state index contributed by atoms with van der Waals surface area (Å²) in [6.07, 6.45) is 6.89. The molecule has 0 bridgehead atoms. The molecule has 0 radical (unpaired) electrons. The molecule has 1 aliphatic rings. The maximum absolute atomic E-state index is 12.6. The van der Waals surface area contributed by atoms with Gasteiger partial charge in [0.1, 0.15) is 5.69 Å². The zero-order valence-corrected chi connectivity index (χ0v) is 13.6. The standard InChI is InChI=1S/C15H24N4OS/c1-3-11-10-12(19(2)18-11)13(20)17-15(14(16)21)8-6-4-5-7-9-15/h10H,3-9H2,1-2H3,(H2,16,21)(H,17,20). The van der Waals surface area contributed by atoms with Crippen molar-refractivity contribution in [2.24, 2.45) is 12.8 Å². The van der Waals surface area contributed by atoms with Crippen LogP contribution in [0.15, 0.2) is 6.07 Å². The Morgan fingerprint density at radius 1 is 1.43 bits per heavy atom. The molecule has 1 fully saturated rings. The third kappa shape index (κ3) is 3.43. The lowest BCUT2D eigenvalue weighted by Crippen LogP contribution is -2.56. The summed E-state index contributed by atoms with van der Waals surface area (Å²) in [6.45, 7) is 2.02. The number of hydrogen-bond acceptors (Lipinski definition) is 3. The van der Waals surface area contributed by atoms with Crippen LogP contribution in [0.4, 0.5) is 0 Å². The van der Waals surface area contributed by atoms with Crippen molar-refractivity contribution < 1.29 is 4.79 Å². The first-order chi connectivity index (χ1) is 9.98. The predicted molar refractivity (Wildman–Crippen MR) is 87.3 cm³/mol. The second kappa shape index (κ2) is 6.56. The molecule has 1 aliphatic carbocycles. The van der Waals surface area contributed by atoms with Crippen LogP contribution < -0.4 is 11.1 Å². The number of hydrogen-bond donors (Lipinski definition) is 2. The van der Waals surface area contributed by atoms with Gasteiger partial charge in [-0.3, -0.25) is 9.48 Å². The summed E-state index contributed by atoms with van der Waals surface area (Å²) in [4.78, 5) is 13.0. The van der Waals surface area contributed by atoms with Crippen molar-refractivity contribution in [2.45, 2.75) is 57.4 Å². The molecule has 0 saturated heterocycles. The summed E-state index contributed by atoms with van der Waals surface area (Å²) in [6, 6.07) is 1.83. The summed E-state index contributed by atoms with van der Waals surface area (Å²) in [5.41, 5.74) is 6.89. The van der Waals surface area contributed by atoms with E-state index in [0.29, 0.717) is 10.7 Å². The van der Waals surface area contributed by atoms with Gasteiger partial charge in [0.2, 0.25) is 0 Å². The monoisotopic (exact) mass is 308 g/mol. The molecule has 21 heavy (non-hydrogen) atoms. The Labute approximate surface area is 131 Å². The van der Waals surface area contributed by atoms with Gasteiger partial charge in [-0.05, 0) is 25.3 Å². The average molecular weight is 308 g/mol. The van der Waals surface area contributed by atoms with E-state index >= 15 is 0 Å². The van der Waals surface area contributed by atoms with Crippen LogP contribution in [0.1, 0.15) is 61.6 Å². The van der Waals surface area contributed by atoms with E-state index < -0.39 is 5.54 Å². The van der Waals surface area contributed by atoms with Crippen molar-refractivity contribution >= 4 is 23.1 Å². The number of carbonyl (C=O) groups is 1. The van der Waals surface area contributed by atoms with Gasteiger partial charge in [0.25, 0.3) is 5.91 Å². The minimum Gasteiger partial charge on any atom is -0.391 e. The van der Waals surface area contributed by atoms with Crippen LogP contribution in [-0.2, 0) is 13.5 Å². The van der Waals surface area contributed by atoms with Crippen molar-refractivity contribution in [2.75, 3.05) is 0 Å². The third-order valence-corrected chi connectivity index (χ3v) is 4.70. The number of rotatable bonds is 4. The highest BCUT2D eigenvalue weighted by molar-refractivity contribution is 7.80. The summed E-state index contributed by atoms with van der Waals surface area (Å²) in [5, 5.41) is 7.42. The molecular weight excluding hydrogens is 284 g/mol. The average Bonchev–Trinajstić information content (AvgIpc) is 2.67. The molecule has 0 spiro atoms. The predicted octanol–water partition coefficient (Wildman–Crippen LogP) is 2.09. The maximum atomic E-state index is 12.6. The molecule has 1 amide bonds. The maximum Gasteiger partial charge on any atom is 0.270 e. The number of carbonyl (C=O) groups excluding carboxylic acids is 1. The fourth-order valence-electron chi connectivity index (χ4n) is 2.96. The fourth-order valence-corrected chi connectivity index (χ4v) is 3.21. The van der Waals surface area contributed by atoms with Gasteiger partial charge < -0.3 is 11.1 Å². The summed E-state index contributed by atoms with van der Waals surface area (Å²) in [5.74, 6) is -0.139. The normalized spacial score (nSPS) is 18.0. The highest BCUT2D eigenvalue weighted by Crippen LogP contribution is 2.28. The number of amides is 1. The zero-order valence-electron chi connectivity index (χ0n) is 12.8. The number of aromatic nitrogens is 2. The van der Waals surface area contributed by atoms with Crippen LogP contribution in [0.5, 0.6) is 0 Å². The van der Waals surface area contributed by atoms with E-state index in [2.05, 4.69) is 10.4 Å². The molecular formula is C15H24N4OS. The lowest BCUT2D eigenvalue weighted by molar-refractivity contribution is 0.0908. The van der Waals surface area contributed by atoms with E-state index in [-0.39, 0.29) is 5.91 Å². The highest BCUT2D eigenvalue weighted by Gasteiger charge is 2.36. The van der Waals surface area contributed by atoms with Crippen molar-refractivity contribution in [3.63, 3.8) is 0 Å². The van der Waals surface area contributed by atoms with E-state index in [9.17, 15) is 4.79 Å². The Morgan fingerprint density at radius 2 is 2.05 bits per heavy atom. The van der Waals surface area contributed by atoms with Gasteiger partial charge in [0.15, 0.2) is 0 Å². The van der Waals surface area contributed by atoms with Crippen molar-refractivity contribution in [1.29, 1.82) is 0 Å². The summed E-state index contributed by atoms with van der Waals surface area (Å²) in [7, 11) is 1.79. The first-order valence-electron chi connectivity index (χ1n) is 7.64. The van der Waals surface area contributed by atoms with Crippen LogP contribution in [0.2, 0.25) is 0 Å². The molecule has 2 rings (SSSR count). The molecule has 1 heterocycles. The number of nitrogens with one attached hydrogen (secondary N) is 1. The van der Waals surface area contributed by atoms with Gasteiger partial charge in [-0.1, -0.05) is 44.8 Å². The Kier molecular flexibility index (Phi) is 4.98. The number of thiocarbonyl (C=S) groups is 1. The van der Waals surface area contributed by atoms with Gasteiger partial charge in [-0.2, -0.15) is 5.10 Å². The minimum atomic E-state index is -0.542. The van der Waals surface area contributed by atoms with Gasteiger partial charge >= 0.3 is 0 Å². The number of nitrogens with two attached hydrogens (primary N) is 1. The second-order valence-electron chi connectivity index (χ2n) is 5.81. The molecule has 0 unspecified atom stereocenters. The van der Waals surface area contributed by atoms with Crippen LogP contribution >= 0.6 is 12.2 Å². The van der Waals surface area contributed by atoms with Gasteiger partial charge in [0.05, 0.1) is 16.2 Å².